The summed E-state index contributed by atoms with van der Waals surface area (Å²) in [6, 6.07) is 2.88. The maximum Gasteiger partial charge on any atom is 0.307 e. The van der Waals surface area contributed by atoms with Crippen LogP contribution in [0.25, 0.3) is 0 Å². The molecule has 1 aromatic rings. The first kappa shape index (κ1) is 12.4. The molecular formula is C10H9F2IO2. The summed E-state index contributed by atoms with van der Waals surface area (Å²) < 4.78 is 25.8. The number of carboxylic acid groups (broad SMARTS) is 1. The number of hydrogen-bond acceptors (Lipinski definition) is 1. The van der Waals surface area contributed by atoms with Crippen molar-refractivity contribution in [2.75, 3.05) is 0 Å². The van der Waals surface area contributed by atoms with Crippen molar-refractivity contribution in [3.05, 3.63) is 32.4 Å². The van der Waals surface area contributed by atoms with E-state index in [4.69, 9.17) is 5.11 Å². The van der Waals surface area contributed by atoms with Gasteiger partial charge in [-0.1, -0.05) is 0 Å². The summed E-state index contributed by atoms with van der Waals surface area (Å²) in [6.45, 7) is 1.60. The highest BCUT2D eigenvalue weighted by Crippen LogP contribution is 2.27. The van der Waals surface area contributed by atoms with Crippen molar-refractivity contribution in [1.29, 1.82) is 0 Å². The molecule has 0 aliphatic heterocycles. The molecule has 82 valence electrons. The van der Waals surface area contributed by atoms with Crippen LogP contribution in [0.4, 0.5) is 8.78 Å². The van der Waals surface area contributed by atoms with Crippen molar-refractivity contribution in [3.8, 4) is 0 Å². The summed E-state index contributed by atoms with van der Waals surface area (Å²) in [5.74, 6) is -1.02. The molecular weight excluding hydrogens is 317 g/mol. The van der Waals surface area contributed by atoms with Gasteiger partial charge in [0.2, 0.25) is 0 Å². The number of halogens is 3. The van der Waals surface area contributed by atoms with E-state index in [1.807, 2.05) is 22.6 Å². The Morgan fingerprint density at radius 2 is 2.13 bits per heavy atom. The molecule has 0 saturated heterocycles. The minimum atomic E-state index is -2.56. The van der Waals surface area contributed by atoms with Crippen LogP contribution in [0.5, 0.6) is 0 Å². The van der Waals surface area contributed by atoms with E-state index >= 15 is 0 Å². The van der Waals surface area contributed by atoms with E-state index in [-0.39, 0.29) is 12.0 Å². The molecule has 0 aromatic heterocycles. The maximum absolute atomic E-state index is 12.6. The number of carbonyl (C=O) groups is 1. The van der Waals surface area contributed by atoms with Gasteiger partial charge in [-0.25, -0.2) is 8.78 Å². The standard InChI is InChI=1S/C10H9F2IO2/c1-5-7(10(11)12)2-6(3-8(5)13)4-9(14)15/h2-3,10H,4H2,1H3,(H,14,15). The number of benzene rings is 1. The number of carboxylic acids is 1. The highest BCUT2D eigenvalue weighted by atomic mass is 127. The van der Waals surface area contributed by atoms with Crippen molar-refractivity contribution < 1.29 is 18.7 Å². The number of hydrogen-bond donors (Lipinski definition) is 1. The van der Waals surface area contributed by atoms with Gasteiger partial charge in [0.15, 0.2) is 0 Å². The van der Waals surface area contributed by atoms with Gasteiger partial charge >= 0.3 is 5.97 Å². The Morgan fingerprint density at radius 1 is 1.53 bits per heavy atom. The van der Waals surface area contributed by atoms with Gasteiger partial charge in [0.1, 0.15) is 0 Å². The number of rotatable bonds is 3. The van der Waals surface area contributed by atoms with E-state index in [1.165, 1.54) is 6.07 Å². The molecule has 0 unspecified atom stereocenters. The van der Waals surface area contributed by atoms with Crippen LogP contribution in [-0.2, 0) is 11.2 Å². The van der Waals surface area contributed by atoms with E-state index in [2.05, 4.69) is 0 Å². The highest BCUT2D eigenvalue weighted by Gasteiger charge is 2.14. The van der Waals surface area contributed by atoms with E-state index in [9.17, 15) is 13.6 Å². The predicted molar refractivity (Wildman–Crippen MR) is 60.2 cm³/mol. The first-order valence-corrected chi connectivity index (χ1v) is 5.28. The van der Waals surface area contributed by atoms with Crippen molar-refractivity contribution >= 4 is 28.6 Å². The van der Waals surface area contributed by atoms with Gasteiger partial charge in [-0.05, 0) is 52.8 Å². The SMILES string of the molecule is Cc1c(I)cc(CC(=O)O)cc1C(F)F. The fourth-order valence-corrected chi connectivity index (χ4v) is 1.97. The molecule has 0 heterocycles. The Morgan fingerprint density at radius 3 is 2.60 bits per heavy atom. The quantitative estimate of drug-likeness (QED) is 0.867. The van der Waals surface area contributed by atoms with Gasteiger partial charge < -0.3 is 5.11 Å². The number of alkyl halides is 2. The van der Waals surface area contributed by atoms with Gasteiger partial charge in [-0.15, -0.1) is 0 Å². The van der Waals surface area contributed by atoms with E-state index in [0.29, 0.717) is 14.7 Å². The lowest BCUT2D eigenvalue weighted by molar-refractivity contribution is -0.136. The van der Waals surface area contributed by atoms with Gasteiger partial charge in [0.05, 0.1) is 6.42 Å². The molecule has 0 aliphatic carbocycles. The van der Waals surface area contributed by atoms with E-state index in [1.54, 1.807) is 13.0 Å². The summed E-state index contributed by atoms with van der Waals surface area (Å²) in [6.07, 6.45) is -2.79. The minimum Gasteiger partial charge on any atom is -0.481 e. The molecule has 0 aliphatic rings. The van der Waals surface area contributed by atoms with Gasteiger partial charge in [-0.2, -0.15) is 0 Å². The third-order valence-corrected chi connectivity index (χ3v) is 3.16. The molecule has 0 fully saturated rings. The van der Waals surface area contributed by atoms with Gasteiger partial charge in [-0.3, -0.25) is 4.79 Å². The molecule has 1 N–H and O–H groups in total. The first-order valence-electron chi connectivity index (χ1n) is 4.20. The van der Waals surface area contributed by atoms with Crippen LogP contribution >= 0.6 is 22.6 Å². The second-order valence-electron chi connectivity index (χ2n) is 3.16. The zero-order chi connectivity index (χ0) is 11.6. The summed E-state index contributed by atoms with van der Waals surface area (Å²) in [5, 5.41) is 8.57. The van der Waals surface area contributed by atoms with Crippen molar-refractivity contribution in [2.45, 2.75) is 19.8 Å². The smallest absolute Gasteiger partial charge is 0.307 e. The zero-order valence-corrected chi connectivity index (χ0v) is 10.1. The van der Waals surface area contributed by atoms with Crippen LogP contribution in [0.3, 0.4) is 0 Å². The second kappa shape index (κ2) is 4.87. The van der Waals surface area contributed by atoms with Gasteiger partial charge in [0, 0.05) is 9.13 Å². The molecule has 0 spiro atoms. The first-order chi connectivity index (χ1) is 6.91. The highest BCUT2D eigenvalue weighted by molar-refractivity contribution is 14.1. The molecule has 0 atom stereocenters. The van der Waals surface area contributed by atoms with Crippen molar-refractivity contribution in [1.82, 2.24) is 0 Å². The Balaban J connectivity index is 3.17. The average molecular weight is 326 g/mol. The second-order valence-corrected chi connectivity index (χ2v) is 4.33. The summed E-state index contributed by atoms with van der Waals surface area (Å²) in [7, 11) is 0. The van der Waals surface area contributed by atoms with Crippen molar-refractivity contribution in [3.63, 3.8) is 0 Å². The molecule has 0 saturated carbocycles. The van der Waals surface area contributed by atoms with E-state index < -0.39 is 12.4 Å². The zero-order valence-electron chi connectivity index (χ0n) is 7.93. The summed E-state index contributed by atoms with van der Waals surface area (Å²) >= 11 is 1.93. The lowest BCUT2D eigenvalue weighted by atomic mass is 10.0. The number of aliphatic carboxylic acids is 1. The summed E-state index contributed by atoms with van der Waals surface area (Å²) in [4.78, 5) is 10.5. The van der Waals surface area contributed by atoms with E-state index in [0.717, 1.165) is 0 Å². The molecule has 1 rings (SSSR count). The molecule has 5 heteroatoms. The van der Waals surface area contributed by atoms with Gasteiger partial charge in [0.25, 0.3) is 6.43 Å². The minimum absolute atomic E-state index is 0.0850. The monoisotopic (exact) mass is 326 g/mol. The Bertz CT molecular complexity index is 391. The van der Waals surface area contributed by atoms with Crippen LogP contribution < -0.4 is 0 Å². The maximum atomic E-state index is 12.6. The topological polar surface area (TPSA) is 37.3 Å². The fraction of sp³-hybridized carbons (Fsp3) is 0.300. The average Bonchev–Trinajstić information content (AvgIpc) is 2.09. The fourth-order valence-electron chi connectivity index (χ4n) is 1.26. The third-order valence-electron chi connectivity index (χ3n) is 2.03. The molecule has 2 nitrogen and oxygen atoms in total. The van der Waals surface area contributed by atoms with Crippen LogP contribution in [0.2, 0.25) is 0 Å². The summed E-state index contributed by atoms with van der Waals surface area (Å²) in [5.41, 5.74) is 0.839. The molecule has 0 bridgehead atoms. The largest absolute Gasteiger partial charge is 0.481 e. The normalized spacial score (nSPS) is 10.7. The van der Waals surface area contributed by atoms with Crippen LogP contribution in [0.15, 0.2) is 12.1 Å². The Kier molecular flexibility index (Phi) is 4.01. The van der Waals surface area contributed by atoms with Crippen LogP contribution in [-0.4, -0.2) is 11.1 Å². The Hall–Kier alpha value is -0.720. The Labute approximate surface area is 99.4 Å². The molecule has 0 amide bonds. The van der Waals surface area contributed by atoms with Crippen LogP contribution in [0.1, 0.15) is 23.1 Å². The predicted octanol–water partition coefficient (Wildman–Crippen LogP) is 3.16. The molecule has 1 aromatic carbocycles. The molecule has 0 radical (unpaired) electrons. The van der Waals surface area contributed by atoms with Crippen LogP contribution in [0, 0.1) is 10.5 Å². The van der Waals surface area contributed by atoms with Crippen molar-refractivity contribution in [2.24, 2.45) is 0 Å². The third kappa shape index (κ3) is 3.12. The lowest BCUT2D eigenvalue weighted by Crippen LogP contribution is -2.03. The lowest BCUT2D eigenvalue weighted by Gasteiger charge is -2.09. The molecule has 15 heavy (non-hydrogen) atoms.